The molecule has 0 spiro atoms. The summed E-state index contributed by atoms with van der Waals surface area (Å²) in [7, 11) is -3.56. The molecular weight excluding hydrogens is 382 g/mol. The summed E-state index contributed by atoms with van der Waals surface area (Å²) < 4.78 is 25.0. The maximum atomic E-state index is 12.5. The van der Waals surface area contributed by atoms with Crippen LogP contribution in [0.4, 0.5) is 5.82 Å². The quantitative estimate of drug-likeness (QED) is 0.638. The number of halogens is 1. The van der Waals surface area contributed by atoms with Gasteiger partial charge in [0.1, 0.15) is 5.82 Å². The first kappa shape index (κ1) is 19.3. The van der Waals surface area contributed by atoms with E-state index < -0.39 is 9.84 Å². The molecule has 1 atom stereocenters. The van der Waals surface area contributed by atoms with E-state index in [4.69, 9.17) is 11.6 Å². The molecule has 1 aromatic heterocycles. The van der Waals surface area contributed by atoms with Crippen LogP contribution < -0.4 is 5.32 Å². The van der Waals surface area contributed by atoms with Gasteiger partial charge in [-0.2, -0.15) is 0 Å². The minimum absolute atomic E-state index is 0.0425. The predicted octanol–water partition coefficient (Wildman–Crippen LogP) is 4.32. The summed E-state index contributed by atoms with van der Waals surface area (Å²) in [5, 5.41) is 11.6. The van der Waals surface area contributed by atoms with E-state index >= 15 is 0 Å². The highest BCUT2D eigenvalue weighted by Crippen LogP contribution is 2.18. The van der Waals surface area contributed by atoms with Crippen LogP contribution in [0.3, 0.4) is 0 Å². The van der Waals surface area contributed by atoms with E-state index in [2.05, 4.69) is 34.6 Å². The molecular formula is C20H20ClN3O2S. The summed E-state index contributed by atoms with van der Waals surface area (Å²) in [6.07, 6.45) is 0. The molecule has 0 radical (unpaired) electrons. The third kappa shape index (κ3) is 5.28. The molecule has 3 aromatic rings. The van der Waals surface area contributed by atoms with Gasteiger partial charge in [0.25, 0.3) is 0 Å². The lowest BCUT2D eigenvalue weighted by Crippen LogP contribution is -2.13. The van der Waals surface area contributed by atoms with E-state index in [1.54, 1.807) is 30.3 Å². The fraction of sp³-hybridized carbons (Fsp3) is 0.200. The largest absolute Gasteiger partial charge is 0.368 e. The zero-order chi connectivity index (χ0) is 19.3. The van der Waals surface area contributed by atoms with E-state index in [0.29, 0.717) is 28.9 Å². The molecule has 5 nitrogen and oxygen atoms in total. The second kappa shape index (κ2) is 8.50. The van der Waals surface area contributed by atoms with Crippen molar-refractivity contribution in [3.8, 4) is 0 Å². The van der Waals surface area contributed by atoms with Gasteiger partial charge in [0.2, 0.25) is 9.84 Å². The third-order valence-electron chi connectivity index (χ3n) is 4.19. The average Bonchev–Trinajstić information content (AvgIpc) is 2.69. The van der Waals surface area contributed by atoms with Crippen molar-refractivity contribution in [2.24, 2.45) is 0 Å². The molecule has 0 bridgehead atoms. The standard InChI is InChI=1S/C20H20ClN3O2S/c1-15(17-5-3-2-4-6-17)13-22-19-11-12-20(24-23-19)27(25,26)14-16-7-9-18(21)10-8-16/h2-12,15H,13-14H2,1H3,(H,22,23). The SMILES string of the molecule is CC(CNc1ccc(S(=O)(=O)Cc2ccc(Cl)cc2)nn1)c1ccccc1. The van der Waals surface area contributed by atoms with E-state index in [-0.39, 0.29) is 10.8 Å². The molecule has 3 rings (SSSR count). The van der Waals surface area contributed by atoms with Crippen molar-refractivity contribution in [3.05, 3.63) is 82.9 Å². The van der Waals surface area contributed by atoms with Gasteiger partial charge in [-0.1, -0.05) is 61.0 Å². The zero-order valence-corrected chi connectivity index (χ0v) is 16.4. The number of hydrogen-bond donors (Lipinski definition) is 1. The number of anilines is 1. The van der Waals surface area contributed by atoms with E-state index in [9.17, 15) is 8.42 Å². The number of nitrogens with one attached hydrogen (secondary N) is 1. The Kier molecular flexibility index (Phi) is 6.08. The van der Waals surface area contributed by atoms with Gasteiger partial charge in [0.15, 0.2) is 5.03 Å². The van der Waals surface area contributed by atoms with Crippen LogP contribution >= 0.6 is 11.6 Å². The smallest absolute Gasteiger partial charge is 0.201 e. The highest BCUT2D eigenvalue weighted by Gasteiger charge is 2.18. The number of hydrogen-bond acceptors (Lipinski definition) is 5. The monoisotopic (exact) mass is 401 g/mol. The van der Waals surface area contributed by atoms with Gasteiger partial charge in [-0.05, 0) is 41.3 Å². The van der Waals surface area contributed by atoms with Crippen LogP contribution in [-0.2, 0) is 15.6 Å². The molecule has 27 heavy (non-hydrogen) atoms. The molecule has 1 N–H and O–H groups in total. The molecule has 0 amide bonds. The molecule has 140 valence electrons. The fourth-order valence-corrected chi connectivity index (χ4v) is 3.96. The minimum Gasteiger partial charge on any atom is -0.368 e. The second-order valence-electron chi connectivity index (χ2n) is 6.33. The lowest BCUT2D eigenvalue weighted by molar-refractivity contribution is 0.589. The number of aromatic nitrogens is 2. The van der Waals surface area contributed by atoms with Crippen molar-refractivity contribution < 1.29 is 8.42 Å². The average molecular weight is 402 g/mol. The Hall–Kier alpha value is -2.44. The topological polar surface area (TPSA) is 72.0 Å². The van der Waals surface area contributed by atoms with Crippen molar-refractivity contribution in [1.82, 2.24) is 10.2 Å². The molecule has 0 fully saturated rings. The predicted molar refractivity (Wildman–Crippen MR) is 108 cm³/mol. The first-order valence-electron chi connectivity index (χ1n) is 8.54. The lowest BCUT2D eigenvalue weighted by atomic mass is 10.0. The van der Waals surface area contributed by atoms with Gasteiger partial charge >= 0.3 is 0 Å². The molecule has 0 saturated heterocycles. The van der Waals surface area contributed by atoms with Crippen molar-refractivity contribution >= 4 is 27.3 Å². The number of nitrogens with zero attached hydrogens (tertiary/aromatic N) is 2. The number of rotatable bonds is 7. The van der Waals surface area contributed by atoms with Gasteiger partial charge in [0, 0.05) is 11.6 Å². The Morgan fingerprint density at radius 2 is 1.67 bits per heavy atom. The summed E-state index contributed by atoms with van der Waals surface area (Å²) in [5.74, 6) is 0.695. The van der Waals surface area contributed by atoms with Crippen LogP contribution in [-0.4, -0.2) is 25.2 Å². The van der Waals surface area contributed by atoms with Gasteiger partial charge in [0.05, 0.1) is 5.75 Å². The van der Waals surface area contributed by atoms with Crippen LogP contribution in [0.25, 0.3) is 0 Å². The van der Waals surface area contributed by atoms with Gasteiger partial charge in [-0.3, -0.25) is 0 Å². The van der Waals surface area contributed by atoms with Crippen LogP contribution in [0, 0.1) is 0 Å². The number of sulfone groups is 1. The Morgan fingerprint density at radius 1 is 0.963 bits per heavy atom. The lowest BCUT2D eigenvalue weighted by Gasteiger charge is -2.13. The Bertz CT molecular complexity index is 976. The van der Waals surface area contributed by atoms with Gasteiger partial charge in [-0.25, -0.2) is 8.42 Å². The molecule has 2 aromatic carbocycles. The molecule has 1 heterocycles. The van der Waals surface area contributed by atoms with Gasteiger partial charge in [-0.15, -0.1) is 10.2 Å². The van der Waals surface area contributed by atoms with E-state index in [1.165, 1.54) is 11.6 Å². The highest BCUT2D eigenvalue weighted by molar-refractivity contribution is 7.90. The maximum absolute atomic E-state index is 12.5. The van der Waals surface area contributed by atoms with E-state index in [1.807, 2.05) is 18.2 Å². The zero-order valence-electron chi connectivity index (χ0n) is 14.8. The highest BCUT2D eigenvalue weighted by atomic mass is 35.5. The Morgan fingerprint density at radius 3 is 2.30 bits per heavy atom. The third-order valence-corrected chi connectivity index (χ3v) is 6.01. The van der Waals surface area contributed by atoms with Crippen LogP contribution in [0.2, 0.25) is 5.02 Å². The summed E-state index contributed by atoms with van der Waals surface area (Å²) in [6.45, 7) is 2.79. The van der Waals surface area contributed by atoms with Crippen LogP contribution in [0.1, 0.15) is 24.0 Å². The molecule has 0 saturated carbocycles. The van der Waals surface area contributed by atoms with Crippen molar-refractivity contribution in [2.45, 2.75) is 23.6 Å². The van der Waals surface area contributed by atoms with Crippen molar-refractivity contribution in [3.63, 3.8) is 0 Å². The first-order chi connectivity index (χ1) is 12.9. The van der Waals surface area contributed by atoms with Crippen LogP contribution in [0.5, 0.6) is 0 Å². The maximum Gasteiger partial charge on any atom is 0.201 e. The summed E-state index contributed by atoms with van der Waals surface area (Å²) in [4.78, 5) is 0. The summed E-state index contributed by atoms with van der Waals surface area (Å²) >= 11 is 5.83. The summed E-state index contributed by atoms with van der Waals surface area (Å²) in [5.41, 5.74) is 1.88. The normalized spacial score (nSPS) is 12.5. The molecule has 0 aliphatic rings. The second-order valence-corrected chi connectivity index (χ2v) is 8.71. The minimum atomic E-state index is -3.56. The van der Waals surface area contributed by atoms with Gasteiger partial charge < -0.3 is 5.32 Å². The molecule has 1 unspecified atom stereocenters. The Balaban J connectivity index is 1.63. The number of benzene rings is 2. The van der Waals surface area contributed by atoms with Crippen LogP contribution in [0.15, 0.2) is 71.8 Å². The molecule has 0 aliphatic heterocycles. The summed E-state index contributed by atoms with van der Waals surface area (Å²) in [6, 6.07) is 20.0. The van der Waals surface area contributed by atoms with Crippen molar-refractivity contribution in [2.75, 3.05) is 11.9 Å². The van der Waals surface area contributed by atoms with Crippen molar-refractivity contribution in [1.29, 1.82) is 0 Å². The molecule has 0 aliphatic carbocycles. The first-order valence-corrected chi connectivity index (χ1v) is 10.6. The fourth-order valence-electron chi connectivity index (χ4n) is 2.61. The molecule has 7 heteroatoms. The van der Waals surface area contributed by atoms with E-state index in [0.717, 1.165) is 0 Å². The Labute approximate surface area is 164 Å².